The monoisotopic (exact) mass is 634 g/mol. The van der Waals surface area contributed by atoms with Crippen LogP contribution < -0.4 is 9.64 Å². The van der Waals surface area contributed by atoms with Gasteiger partial charge < -0.3 is 14.5 Å². The van der Waals surface area contributed by atoms with E-state index in [0.717, 1.165) is 59.0 Å². The van der Waals surface area contributed by atoms with Crippen LogP contribution >= 0.6 is 11.6 Å². The van der Waals surface area contributed by atoms with Gasteiger partial charge in [-0.1, -0.05) is 36.4 Å². The average Bonchev–Trinajstić information content (AvgIpc) is 3.63. The maximum atomic E-state index is 14.5. The van der Waals surface area contributed by atoms with Gasteiger partial charge in [0.2, 0.25) is 0 Å². The zero-order valence-corrected chi connectivity index (χ0v) is 26.3. The van der Waals surface area contributed by atoms with Crippen molar-refractivity contribution in [2.75, 3.05) is 44.2 Å². The fraction of sp³-hybridized carbons (Fsp3) is 0.529. The van der Waals surface area contributed by atoms with E-state index in [2.05, 4.69) is 41.5 Å². The SMILES string of the molecule is C=C(F)C(=O)N1CCN(c2nc(OC[C@@]34CCCN3C[C@H](F)C4)nc3c2CCC2(C=C(C)c4c(Cl)cccc42)C3)C[C@@H]1CC#N. The van der Waals surface area contributed by atoms with Gasteiger partial charge in [0.1, 0.15) is 18.6 Å². The Kier molecular flexibility index (Phi) is 7.60. The number of nitrogens with zero attached hydrogens (tertiary/aromatic N) is 6. The number of carbonyl (C=O) groups excluding carboxylic acids is 1. The smallest absolute Gasteiger partial charge is 0.318 e. The number of hydrogen-bond donors (Lipinski definition) is 0. The predicted molar refractivity (Wildman–Crippen MR) is 168 cm³/mol. The summed E-state index contributed by atoms with van der Waals surface area (Å²) in [5.74, 6) is -1.09. The zero-order chi connectivity index (χ0) is 31.5. The summed E-state index contributed by atoms with van der Waals surface area (Å²) in [4.78, 5) is 28.2. The molecule has 0 N–H and O–H groups in total. The third kappa shape index (κ3) is 5.08. The second-order valence-electron chi connectivity index (χ2n) is 13.3. The fourth-order valence-corrected chi connectivity index (χ4v) is 8.94. The zero-order valence-electron chi connectivity index (χ0n) is 25.5. The van der Waals surface area contributed by atoms with Gasteiger partial charge in [-0.2, -0.15) is 15.2 Å². The minimum atomic E-state index is -1.03. The third-order valence-corrected chi connectivity index (χ3v) is 10.9. The molecular weight excluding hydrogens is 598 g/mol. The molecule has 2 aliphatic carbocycles. The number of fused-ring (bicyclic) bond motifs is 4. The number of piperazine rings is 1. The minimum absolute atomic E-state index is 0.0552. The third-order valence-electron chi connectivity index (χ3n) is 10.6. The summed E-state index contributed by atoms with van der Waals surface area (Å²) in [6, 6.07) is 7.96. The number of ether oxygens (including phenoxy) is 1. The number of hydrogen-bond acceptors (Lipinski definition) is 7. The largest absolute Gasteiger partial charge is 0.461 e. The van der Waals surface area contributed by atoms with Gasteiger partial charge in [0.05, 0.1) is 29.8 Å². The molecule has 3 fully saturated rings. The van der Waals surface area contributed by atoms with Crippen molar-refractivity contribution < 1.29 is 18.3 Å². The van der Waals surface area contributed by atoms with Crippen molar-refractivity contribution in [3.63, 3.8) is 0 Å². The van der Waals surface area contributed by atoms with Crippen molar-refractivity contribution in [3.8, 4) is 12.1 Å². The second kappa shape index (κ2) is 11.4. The molecule has 1 amide bonds. The molecule has 0 radical (unpaired) electrons. The predicted octanol–water partition coefficient (Wildman–Crippen LogP) is 5.34. The number of halogens is 3. The number of benzene rings is 1. The number of aromatic nitrogens is 2. The first-order chi connectivity index (χ1) is 21.6. The Labute approximate surface area is 267 Å². The highest BCUT2D eigenvalue weighted by molar-refractivity contribution is 6.32. The van der Waals surface area contributed by atoms with E-state index in [-0.39, 0.29) is 29.9 Å². The van der Waals surface area contributed by atoms with Gasteiger partial charge in [-0.15, -0.1) is 0 Å². The van der Waals surface area contributed by atoms with E-state index in [0.29, 0.717) is 45.5 Å². The number of anilines is 1. The highest BCUT2D eigenvalue weighted by Gasteiger charge is 2.50. The van der Waals surface area contributed by atoms with E-state index in [9.17, 15) is 18.8 Å². The quantitative estimate of drug-likeness (QED) is 0.397. The van der Waals surface area contributed by atoms with Gasteiger partial charge >= 0.3 is 6.01 Å². The lowest BCUT2D eigenvalue weighted by molar-refractivity contribution is -0.131. The molecule has 1 spiro atoms. The lowest BCUT2D eigenvalue weighted by Gasteiger charge is -2.42. The molecule has 45 heavy (non-hydrogen) atoms. The average molecular weight is 635 g/mol. The van der Waals surface area contributed by atoms with Gasteiger partial charge in [0.15, 0.2) is 5.83 Å². The van der Waals surface area contributed by atoms with Gasteiger partial charge in [0, 0.05) is 55.0 Å². The van der Waals surface area contributed by atoms with E-state index in [1.807, 2.05) is 12.1 Å². The topological polar surface area (TPSA) is 85.6 Å². The number of nitriles is 1. The Morgan fingerprint density at radius 2 is 2.09 bits per heavy atom. The Bertz CT molecular complexity index is 1640. The molecule has 236 valence electrons. The first-order valence-corrected chi connectivity index (χ1v) is 16.2. The van der Waals surface area contributed by atoms with Crippen molar-refractivity contribution in [1.82, 2.24) is 19.8 Å². The summed E-state index contributed by atoms with van der Waals surface area (Å²) in [5, 5.41) is 10.3. The Morgan fingerprint density at radius 1 is 1.24 bits per heavy atom. The van der Waals surface area contributed by atoms with Crippen LogP contribution in [0.5, 0.6) is 6.01 Å². The summed E-state index contributed by atoms with van der Waals surface area (Å²) in [7, 11) is 0. The van der Waals surface area contributed by atoms with E-state index in [1.165, 1.54) is 10.5 Å². The van der Waals surface area contributed by atoms with Gasteiger partial charge in [0.25, 0.3) is 5.91 Å². The van der Waals surface area contributed by atoms with Crippen LogP contribution in [-0.2, 0) is 23.1 Å². The molecule has 3 saturated heterocycles. The molecular formula is C34H37ClF2N6O2. The first kappa shape index (κ1) is 30.1. The van der Waals surface area contributed by atoms with Crippen molar-refractivity contribution in [2.45, 2.75) is 75.0 Å². The minimum Gasteiger partial charge on any atom is -0.461 e. The Balaban J connectivity index is 1.25. The molecule has 2 aromatic rings. The number of carbonyl (C=O) groups is 1. The van der Waals surface area contributed by atoms with E-state index in [4.69, 9.17) is 26.3 Å². The maximum Gasteiger partial charge on any atom is 0.318 e. The van der Waals surface area contributed by atoms with Crippen LogP contribution in [0.3, 0.4) is 0 Å². The first-order valence-electron chi connectivity index (χ1n) is 15.8. The van der Waals surface area contributed by atoms with E-state index < -0.39 is 23.9 Å². The maximum absolute atomic E-state index is 14.5. The Morgan fingerprint density at radius 3 is 2.89 bits per heavy atom. The molecule has 8 nitrogen and oxygen atoms in total. The van der Waals surface area contributed by atoms with Crippen molar-refractivity contribution in [3.05, 3.63) is 64.1 Å². The molecule has 5 aliphatic rings. The van der Waals surface area contributed by atoms with E-state index in [1.54, 1.807) is 0 Å². The summed E-state index contributed by atoms with van der Waals surface area (Å²) in [6.45, 7) is 7.86. The van der Waals surface area contributed by atoms with Crippen molar-refractivity contribution >= 4 is 28.9 Å². The summed E-state index contributed by atoms with van der Waals surface area (Å²) < 4.78 is 34.8. The highest BCUT2D eigenvalue weighted by atomic mass is 35.5. The van der Waals surface area contributed by atoms with Crippen LogP contribution in [0.1, 0.15) is 61.4 Å². The molecule has 4 atom stereocenters. The summed E-state index contributed by atoms with van der Waals surface area (Å²) in [6.07, 6.45) is 6.05. The molecule has 7 rings (SSSR count). The normalized spacial score (nSPS) is 28.8. The lowest BCUT2D eigenvalue weighted by Crippen LogP contribution is -2.55. The van der Waals surface area contributed by atoms with Crippen LogP contribution in [0.15, 0.2) is 36.7 Å². The van der Waals surface area contributed by atoms with Crippen LogP contribution in [0.4, 0.5) is 14.6 Å². The Hall–Kier alpha value is -3.55. The van der Waals surface area contributed by atoms with Crippen LogP contribution in [0, 0.1) is 11.3 Å². The highest BCUT2D eigenvalue weighted by Crippen LogP contribution is 2.51. The van der Waals surface area contributed by atoms with E-state index >= 15 is 0 Å². The number of amides is 1. The summed E-state index contributed by atoms with van der Waals surface area (Å²) in [5.41, 5.74) is 4.75. The van der Waals surface area contributed by atoms with Gasteiger partial charge in [-0.05, 0) is 61.9 Å². The number of alkyl halides is 1. The van der Waals surface area contributed by atoms with Crippen LogP contribution in [0.25, 0.3) is 5.57 Å². The van der Waals surface area contributed by atoms with Crippen molar-refractivity contribution in [1.29, 1.82) is 5.26 Å². The molecule has 1 unspecified atom stereocenters. The van der Waals surface area contributed by atoms with Crippen molar-refractivity contribution in [2.24, 2.45) is 0 Å². The molecule has 1 aromatic carbocycles. The standard InChI is InChI=1S/C34H37ClF2N6O2/c1-21-15-33(26-5-3-6-27(35)29(21)26)10-7-25-28(17-33)39-32(45-20-34-9-4-12-42(34)18-23(37)16-34)40-30(25)41-13-14-43(31(44)22(2)36)24(19-41)8-11-38/h3,5-6,15,23-24H,2,4,7-10,12-14,16-20H2,1H3/t23-,24+,33?,34+/m1/s1. The lowest BCUT2D eigenvalue weighted by atomic mass is 9.70. The second-order valence-corrected chi connectivity index (χ2v) is 13.7. The summed E-state index contributed by atoms with van der Waals surface area (Å²) >= 11 is 6.67. The van der Waals surface area contributed by atoms with Crippen LogP contribution in [-0.4, -0.2) is 82.8 Å². The van der Waals surface area contributed by atoms with Gasteiger partial charge in [-0.3, -0.25) is 9.69 Å². The molecule has 1 aromatic heterocycles. The fourth-order valence-electron chi connectivity index (χ4n) is 8.61. The number of allylic oxidation sites excluding steroid dienone is 2. The van der Waals surface area contributed by atoms with Crippen LogP contribution in [0.2, 0.25) is 5.02 Å². The molecule has 0 bridgehead atoms. The number of rotatable bonds is 6. The molecule has 0 saturated carbocycles. The molecule has 4 heterocycles. The molecule has 3 aliphatic heterocycles. The van der Waals surface area contributed by atoms with Gasteiger partial charge in [-0.25, -0.2) is 8.78 Å². The molecule has 11 heteroatoms.